The van der Waals surface area contributed by atoms with Crippen molar-refractivity contribution < 1.29 is 14.4 Å². The zero-order valence-electron chi connectivity index (χ0n) is 14.9. The van der Waals surface area contributed by atoms with E-state index in [1.807, 2.05) is 6.92 Å². The largest absolute Gasteiger partial charge is 0.349 e. The zero-order valence-corrected chi connectivity index (χ0v) is 15.6. The number of halogens is 1. The second-order valence-corrected chi connectivity index (χ2v) is 7.37. The van der Waals surface area contributed by atoms with Gasteiger partial charge in [0.1, 0.15) is 0 Å². The summed E-state index contributed by atoms with van der Waals surface area (Å²) < 4.78 is 0. The van der Waals surface area contributed by atoms with Crippen LogP contribution in [-0.4, -0.2) is 41.8 Å². The molecule has 6 nitrogen and oxygen atoms in total. The van der Waals surface area contributed by atoms with Gasteiger partial charge in [-0.15, -0.1) is 0 Å². The van der Waals surface area contributed by atoms with Crippen LogP contribution in [0.3, 0.4) is 0 Å². The highest BCUT2D eigenvalue weighted by Gasteiger charge is 2.28. The molecule has 1 aromatic rings. The first-order chi connectivity index (χ1) is 12.5. The molecule has 140 valence electrons. The number of benzene rings is 1. The molecule has 1 atom stereocenters. The van der Waals surface area contributed by atoms with Crippen LogP contribution in [0, 0.1) is 5.92 Å². The summed E-state index contributed by atoms with van der Waals surface area (Å²) in [5.41, 5.74) is 0.905. The summed E-state index contributed by atoms with van der Waals surface area (Å²) in [4.78, 5) is 38.5. The van der Waals surface area contributed by atoms with Crippen LogP contribution in [0.25, 0.3) is 0 Å². The fourth-order valence-electron chi connectivity index (χ4n) is 3.15. The second kappa shape index (κ2) is 8.08. The van der Waals surface area contributed by atoms with Crippen molar-refractivity contribution in [2.45, 2.75) is 45.1 Å². The van der Waals surface area contributed by atoms with Crippen molar-refractivity contribution in [3.63, 3.8) is 0 Å². The van der Waals surface area contributed by atoms with E-state index in [1.165, 1.54) is 0 Å². The van der Waals surface area contributed by atoms with Gasteiger partial charge in [0.25, 0.3) is 5.91 Å². The molecule has 1 aliphatic heterocycles. The molecule has 1 aromatic carbocycles. The van der Waals surface area contributed by atoms with Gasteiger partial charge in [-0.25, -0.2) is 0 Å². The van der Waals surface area contributed by atoms with Gasteiger partial charge in [0.05, 0.1) is 16.5 Å². The summed E-state index contributed by atoms with van der Waals surface area (Å²) in [6.45, 7) is 2.98. The third-order valence-corrected chi connectivity index (χ3v) is 5.17. The normalized spacial score (nSPS) is 19.8. The Morgan fingerprint density at radius 2 is 2.00 bits per heavy atom. The Bertz CT molecular complexity index is 718. The number of amides is 3. The maximum Gasteiger partial charge on any atom is 0.253 e. The number of carbonyl (C=O) groups excluding carboxylic acids is 3. The van der Waals surface area contributed by atoms with E-state index in [2.05, 4.69) is 10.6 Å². The number of nitrogens with zero attached hydrogens (tertiary/aromatic N) is 1. The highest BCUT2D eigenvalue weighted by atomic mass is 35.5. The lowest BCUT2D eigenvalue weighted by atomic mass is 9.96. The average molecular weight is 378 g/mol. The average Bonchev–Trinajstić information content (AvgIpc) is 3.46. The number of nitrogens with one attached hydrogen (secondary N) is 2. The van der Waals surface area contributed by atoms with Gasteiger partial charge >= 0.3 is 0 Å². The molecule has 2 fully saturated rings. The number of rotatable bonds is 5. The zero-order chi connectivity index (χ0) is 18.7. The summed E-state index contributed by atoms with van der Waals surface area (Å²) >= 11 is 6.13. The Morgan fingerprint density at radius 3 is 2.69 bits per heavy atom. The van der Waals surface area contributed by atoms with Crippen LogP contribution >= 0.6 is 11.6 Å². The predicted molar refractivity (Wildman–Crippen MR) is 100 cm³/mol. The maximum atomic E-state index is 12.6. The molecule has 1 saturated heterocycles. The molecule has 7 heteroatoms. The summed E-state index contributed by atoms with van der Waals surface area (Å²) in [5.74, 6) is -0.507. The van der Waals surface area contributed by atoms with Gasteiger partial charge in [-0.05, 0) is 43.9 Å². The van der Waals surface area contributed by atoms with Crippen molar-refractivity contribution >= 4 is 35.0 Å². The molecule has 26 heavy (non-hydrogen) atoms. The minimum Gasteiger partial charge on any atom is -0.349 e. The second-order valence-electron chi connectivity index (χ2n) is 6.96. The molecule has 0 spiro atoms. The smallest absolute Gasteiger partial charge is 0.253 e. The lowest BCUT2D eigenvalue weighted by Gasteiger charge is -2.32. The fourth-order valence-corrected chi connectivity index (χ4v) is 3.36. The van der Waals surface area contributed by atoms with Crippen molar-refractivity contribution in [1.29, 1.82) is 0 Å². The standard InChI is InChI=1S/C19H24ClN3O3/c1-2-17(24)23-9-3-4-12(11-23)18(25)22-14-7-8-16(20)15(10-14)19(26)21-13-5-6-13/h7-8,10,12-13H,2-6,9,11H2,1H3,(H,21,26)(H,22,25). The van der Waals surface area contributed by atoms with Gasteiger partial charge in [0, 0.05) is 31.2 Å². The van der Waals surface area contributed by atoms with E-state index in [1.54, 1.807) is 23.1 Å². The molecule has 0 aromatic heterocycles. The van der Waals surface area contributed by atoms with Crippen molar-refractivity contribution in [1.82, 2.24) is 10.2 Å². The number of piperidine rings is 1. The summed E-state index contributed by atoms with van der Waals surface area (Å²) in [6.07, 6.45) is 4.01. The van der Waals surface area contributed by atoms with E-state index in [0.29, 0.717) is 35.8 Å². The van der Waals surface area contributed by atoms with Crippen molar-refractivity contribution in [2.24, 2.45) is 5.92 Å². The molecule has 0 bridgehead atoms. The highest BCUT2D eigenvalue weighted by Crippen LogP contribution is 2.25. The minimum atomic E-state index is -0.237. The Hall–Kier alpha value is -2.08. The van der Waals surface area contributed by atoms with Crippen molar-refractivity contribution in [2.75, 3.05) is 18.4 Å². The molecule has 1 unspecified atom stereocenters. The Kier molecular flexibility index (Phi) is 5.81. The van der Waals surface area contributed by atoms with Crippen molar-refractivity contribution in [3.05, 3.63) is 28.8 Å². The van der Waals surface area contributed by atoms with Crippen LogP contribution in [-0.2, 0) is 9.59 Å². The van der Waals surface area contributed by atoms with E-state index < -0.39 is 0 Å². The molecular formula is C19H24ClN3O3. The first-order valence-corrected chi connectivity index (χ1v) is 9.54. The molecule has 1 saturated carbocycles. The molecular weight excluding hydrogens is 354 g/mol. The van der Waals surface area contributed by atoms with Crippen LogP contribution in [0.4, 0.5) is 5.69 Å². The predicted octanol–water partition coefficient (Wildman–Crippen LogP) is 2.82. The lowest BCUT2D eigenvalue weighted by Crippen LogP contribution is -2.43. The molecule has 3 amide bonds. The topological polar surface area (TPSA) is 78.5 Å². The first kappa shape index (κ1) is 18.7. The molecule has 1 heterocycles. The Balaban J connectivity index is 1.65. The van der Waals surface area contributed by atoms with Gasteiger partial charge in [-0.2, -0.15) is 0 Å². The van der Waals surface area contributed by atoms with Crippen LogP contribution in [0.15, 0.2) is 18.2 Å². The molecule has 3 rings (SSSR count). The SMILES string of the molecule is CCC(=O)N1CCCC(C(=O)Nc2ccc(Cl)c(C(=O)NC3CC3)c2)C1. The summed E-state index contributed by atoms with van der Waals surface area (Å²) in [5, 5.41) is 6.12. The minimum absolute atomic E-state index is 0.0769. The van der Waals surface area contributed by atoms with Gasteiger partial charge < -0.3 is 15.5 Å². The van der Waals surface area contributed by atoms with Crippen molar-refractivity contribution in [3.8, 4) is 0 Å². The molecule has 1 aliphatic carbocycles. The van der Waals surface area contributed by atoms with Gasteiger partial charge in [-0.1, -0.05) is 18.5 Å². The monoisotopic (exact) mass is 377 g/mol. The molecule has 2 aliphatic rings. The lowest BCUT2D eigenvalue weighted by molar-refractivity contribution is -0.134. The third-order valence-electron chi connectivity index (χ3n) is 4.84. The first-order valence-electron chi connectivity index (χ1n) is 9.17. The van der Waals surface area contributed by atoms with Crippen LogP contribution in [0.1, 0.15) is 49.4 Å². The number of likely N-dealkylation sites (tertiary alicyclic amines) is 1. The van der Waals surface area contributed by atoms with E-state index >= 15 is 0 Å². The van der Waals surface area contributed by atoms with Crippen LogP contribution < -0.4 is 10.6 Å². The number of hydrogen-bond donors (Lipinski definition) is 2. The number of carbonyl (C=O) groups is 3. The van der Waals surface area contributed by atoms with Gasteiger partial charge in [0.2, 0.25) is 11.8 Å². The summed E-state index contributed by atoms with van der Waals surface area (Å²) in [6, 6.07) is 5.15. The molecule has 2 N–H and O–H groups in total. The Morgan fingerprint density at radius 1 is 1.23 bits per heavy atom. The maximum absolute atomic E-state index is 12.6. The molecule has 0 radical (unpaired) electrons. The van der Waals surface area contributed by atoms with Gasteiger partial charge in [0.15, 0.2) is 0 Å². The fraction of sp³-hybridized carbons (Fsp3) is 0.526. The number of hydrogen-bond acceptors (Lipinski definition) is 3. The van der Waals surface area contributed by atoms with E-state index in [4.69, 9.17) is 11.6 Å². The quantitative estimate of drug-likeness (QED) is 0.828. The van der Waals surface area contributed by atoms with Crippen LogP contribution in [0.5, 0.6) is 0 Å². The third kappa shape index (κ3) is 4.55. The van der Waals surface area contributed by atoms with E-state index in [0.717, 1.165) is 25.7 Å². The highest BCUT2D eigenvalue weighted by molar-refractivity contribution is 6.34. The number of anilines is 1. The van der Waals surface area contributed by atoms with E-state index in [9.17, 15) is 14.4 Å². The Labute approximate surface area is 158 Å². The summed E-state index contributed by atoms with van der Waals surface area (Å²) in [7, 11) is 0. The van der Waals surface area contributed by atoms with Gasteiger partial charge in [-0.3, -0.25) is 14.4 Å². The van der Waals surface area contributed by atoms with Crippen LogP contribution in [0.2, 0.25) is 5.02 Å². The van der Waals surface area contributed by atoms with E-state index in [-0.39, 0.29) is 29.7 Å².